The Balaban J connectivity index is 1.57. The molecule has 0 saturated carbocycles. The molecular formula is C30H46N2O6S. The minimum absolute atomic E-state index is 0.0533. The summed E-state index contributed by atoms with van der Waals surface area (Å²) in [6.07, 6.45) is 7.52. The highest BCUT2D eigenvalue weighted by Gasteiger charge is 2.47. The first-order chi connectivity index (χ1) is 18.7. The molecule has 2 saturated heterocycles. The molecule has 0 aromatic heterocycles. The van der Waals surface area contributed by atoms with Gasteiger partial charge in [0.15, 0.2) is 9.84 Å². The molecule has 0 bridgehead atoms. The zero-order valence-electron chi connectivity index (χ0n) is 23.6. The summed E-state index contributed by atoms with van der Waals surface area (Å²) >= 11 is 0. The molecule has 3 aliphatic rings. The third-order valence-corrected chi connectivity index (χ3v) is 10.7. The van der Waals surface area contributed by atoms with E-state index < -0.39 is 21.7 Å². The van der Waals surface area contributed by atoms with E-state index in [4.69, 9.17) is 4.74 Å². The van der Waals surface area contributed by atoms with Crippen LogP contribution in [0.3, 0.4) is 0 Å². The van der Waals surface area contributed by atoms with Crippen molar-refractivity contribution in [3.05, 3.63) is 29.3 Å². The van der Waals surface area contributed by atoms with Crippen LogP contribution in [0.25, 0.3) is 0 Å². The quantitative estimate of drug-likeness (QED) is 0.386. The number of amides is 1. The van der Waals surface area contributed by atoms with Gasteiger partial charge >= 0.3 is 5.97 Å². The summed E-state index contributed by atoms with van der Waals surface area (Å²) in [6, 6.07) is 5.71. The molecule has 3 aliphatic heterocycles. The molecular weight excluding hydrogens is 516 g/mol. The molecule has 2 fully saturated rings. The topological polar surface area (TPSA) is 104 Å². The van der Waals surface area contributed by atoms with Crippen molar-refractivity contribution >= 4 is 21.7 Å². The van der Waals surface area contributed by atoms with Crippen molar-refractivity contribution in [2.24, 2.45) is 11.8 Å². The molecule has 1 unspecified atom stereocenters. The zero-order valence-corrected chi connectivity index (χ0v) is 24.5. The summed E-state index contributed by atoms with van der Waals surface area (Å²) in [4.78, 5) is 30.4. The molecule has 4 rings (SSSR count). The number of ether oxygens (including phenoxy) is 1. The van der Waals surface area contributed by atoms with Crippen molar-refractivity contribution in [3.8, 4) is 5.75 Å². The maximum absolute atomic E-state index is 13.6. The van der Waals surface area contributed by atoms with Crippen LogP contribution < -0.4 is 4.74 Å². The summed E-state index contributed by atoms with van der Waals surface area (Å²) < 4.78 is 30.2. The molecule has 218 valence electrons. The number of sulfone groups is 1. The lowest BCUT2D eigenvalue weighted by Gasteiger charge is -2.31. The number of carboxylic acid groups (broad SMARTS) is 1. The van der Waals surface area contributed by atoms with Crippen LogP contribution in [0.5, 0.6) is 5.75 Å². The molecule has 3 heterocycles. The fourth-order valence-corrected chi connectivity index (χ4v) is 8.54. The SMILES string of the molecule is CCCCN(CCCC)C(=O)CN1C[C@H](c2ccc3c(c2)CCO3)[C@@H](C(=O)O)[C@@H]1CCC1CCCS(=O)(=O)C1. The van der Waals surface area contributed by atoms with Crippen molar-refractivity contribution in [3.63, 3.8) is 0 Å². The van der Waals surface area contributed by atoms with Crippen LogP contribution in [0.4, 0.5) is 0 Å². The Morgan fingerprint density at radius 1 is 1.13 bits per heavy atom. The Hall–Kier alpha value is -2.13. The molecule has 4 atom stereocenters. The Morgan fingerprint density at radius 3 is 2.54 bits per heavy atom. The van der Waals surface area contributed by atoms with E-state index in [2.05, 4.69) is 24.8 Å². The average molecular weight is 563 g/mol. The fourth-order valence-electron chi connectivity index (χ4n) is 6.71. The first kappa shape index (κ1) is 29.8. The van der Waals surface area contributed by atoms with Gasteiger partial charge in [0, 0.05) is 38.0 Å². The second-order valence-electron chi connectivity index (χ2n) is 11.7. The van der Waals surface area contributed by atoms with Crippen molar-refractivity contribution in [1.82, 2.24) is 9.80 Å². The molecule has 0 radical (unpaired) electrons. The van der Waals surface area contributed by atoms with Crippen molar-refractivity contribution < 1.29 is 27.9 Å². The van der Waals surface area contributed by atoms with E-state index in [0.29, 0.717) is 32.4 Å². The van der Waals surface area contributed by atoms with Crippen LogP contribution in [0.1, 0.15) is 82.3 Å². The Bertz CT molecular complexity index is 1100. The molecule has 0 aliphatic carbocycles. The van der Waals surface area contributed by atoms with Crippen molar-refractivity contribution in [1.29, 1.82) is 0 Å². The van der Waals surface area contributed by atoms with Gasteiger partial charge in [0.25, 0.3) is 0 Å². The van der Waals surface area contributed by atoms with E-state index in [1.54, 1.807) is 0 Å². The van der Waals surface area contributed by atoms with Gasteiger partial charge in [-0.3, -0.25) is 14.5 Å². The fraction of sp³-hybridized carbons (Fsp3) is 0.733. The third-order valence-electron chi connectivity index (χ3n) is 8.86. The average Bonchev–Trinajstić information content (AvgIpc) is 3.51. The lowest BCUT2D eigenvalue weighted by atomic mass is 9.82. The number of carbonyl (C=O) groups excluding carboxylic acids is 1. The van der Waals surface area contributed by atoms with Crippen LogP contribution in [-0.2, 0) is 25.8 Å². The van der Waals surface area contributed by atoms with E-state index >= 15 is 0 Å². The number of rotatable bonds is 13. The van der Waals surface area contributed by atoms with Gasteiger partial charge in [0.2, 0.25) is 5.91 Å². The normalized spacial score (nSPS) is 26.2. The van der Waals surface area contributed by atoms with Gasteiger partial charge in [-0.1, -0.05) is 38.8 Å². The van der Waals surface area contributed by atoms with E-state index in [1.807, 2.05) is 17.0 Å². The first-order valence-electron chi connectivity index (χ1n) is 14.9. The van der Waals surface area contributed by atoms with E-state index in [0.717, 1.165) is 68.5 Å². The lowest BCUT2D eigenvalue weighted by Crippen LogP contribution is -2.45. The maximum Gasteiger partial charge on any atom is 0.308 e. The zero-order chi connectivity index (χ0) is 28.0. The van der Waals surface area contributed by atoms with Gasteiger partial charge < -0.3 is 14.7 Å². The van der Waals surface area contributed by atoms with Crippen LogP contribution in [0.2, 0.25) is 0 Å². The molecule has 8 nitrogen and oxygen atoms in total. The summed E-state index contributed by atoms with van der Waals surface area (Å²) in [6.45, 7) is 7.04. The molecule has 39 heavy (non-hydrogen) atoms. The van der Waals surface area contributed by atoms with Gasteiger partial charge in [0.05, 0.1) is 30.6 Å². The first-order valence-corrected chi connectivity index (χ1v) is 16.7. The second-order valence-corrected chi connectivity index (χ2v) is 13.9. The number of fused-ring (bicyclic) bond motifs is 1. The summed E-state index contributed by atoms with van der Waals surface area (Å²) in [7, 11) is -3.03. The number of benzene rings is 1. The Labute approximate surface area is 234 Å². The molecule has 9 heteroatoms. The summed E-state index contributed by atoms with van der Waals surface area (Å²) in [5, 5.41) is 10.5. The predicted molar refractivity (Wildman–Crippen MR) is 152 cm³/mol. The maximum atomic E-state index is 13.6. The molecule has 1 amide bonds. The van der Waals surface area contributed by atoms with Crippen LogP contribution >= 0.6 is 0 Å². The van der Waals surface area contributed by atoms with Gasteiger partial charge in [0.1, 0.15) is 5.75 Å². The number of hydrogen-bond acceptors (Lipinski definition) is 6. The van der Waals surface area contributed by atoms with Crippen LogP contribution in [0, 0.1) is 11.8 Å². The third kappa shape index (κ3) is 7.54. The molecule has 0 spiro atoms. The molecule has 1 aromatic rings. The van der Waals surface area contributed by atoms with Crippen LogP contribution in [-0.4, -0.2) is 85.5 Å². The van der Waals surface area contributed by atoms with Crippen LogP contribution in [0.15, 0.2) is 18.2 Å². The summed E-state index contributed by atoms with van der Waals surface area (Å²) in [5.74, 6) is -0.311. The largest absolute Gasteiger partial charge is 0.493 e. The second kappa shape index (κ2) is 13.5. The van der Waals surface area contributed by atoms with Crippen molar-refractivity contribution in [2.45, 2.75) is 83.6 Å². The van der Waals surface area contributed by atoms with E-state index in [1.165, 1.54) is 0 Å². The molecule has 1 aromatic carbocycles. The van der Waals surface area contributed by atoms with Gasteiger partial charge in [-0.15, -0.1) is 0 Å². The smallest absolute Gasteiger partial charge is 0.308 e. The van der Waals surface area contributed by atoms with E-state index in [-0.39, 0.29) is 41.8 Å². The lowest BCUT2D eigenvalue weighted by molar-refractivity contribution is -0.144. The summed E-state index contributed by atoms with van der Waals surface area (Å²) in [5.41, 5.74) is 2.10. The van der Waals surface area contributed by atoms with Crippen molar-refractivity contribution in [2.75, 3.05) is 44.3 Å². The standard InChI is InChI=1S/C30H46N2O6S/c1-3-5-14-31(15-6-4-2)28(33)20-32-19-25(23-10-12-27-24(18-23)13-16-38-27)29(30(34)35)26(32)11-9-22-8-7-17-39(36,37)21-22/h10,12,18,22,25-26,29H,3-9,11,13-17,19-21H2,1-2H3,(H,34,35)/t22?,25-,26+,29-/m1/s1. The minimum Gasteiger partial charge on any atom is -0.493 e. The predicted octanol–water partition coefficient (Wildman–Crippen LogP) is 4.12. The monoisotopic (exact) mass is 562 g/mol. The number of nitrogens with zero attached hydrogens (tertiary/aromatic N) is 2. The number of likely N-dealkylation sites (tertiary alicyclic amines) is 1. The Kier molecular flexibility index (Phi) is 10.3. The van der Waals surface area contributed by atoms with Gasteiger partial charge in [-0.05, 0) is 61.6 Å². The number of aliphatic carboxylic acids is 1. The number of hydrogen-bond donors (Lipinski definition) is 1. The molecule has 1 N–H and O–H groups in total. The highest BCUT2D eigenvalue weighted by Crippen LogP contribution is 2.42. The Morgan fingerprint density at radius 2 is 1.87 bits per heavy atom. The highest BCUT2D eigenvalue weighted by atomic mass is 32.2. The number of unbranched alkanes of at least 4 members (excludes halogenated alkanes) is 2. The minimum atomic E-state index is -3.03. The number of carbonyl (C=O) groups is 2. The van der Waals surface area contributed by atoms with Gasteiger partial charge in [-0.2, -0.15) is 0 Å². The van der Waals surface area contributed by atoms with E-state index in [9.17, 15) is 23.1 Å². The highest BCUT2D eigenvalue weighted by molar-refractivity contribution is 7.91. The number of carboxylic acids is 1. The van der Waals surface area contributed by atoms with Gasteiger partial charge in [-0.25, -0.2) is 8.42 Å².